The van der Waals surface area contributed by atoms with Crippen LogP contribution in [0, 0.1) is 0 Å². The molecule has 4 heteroatoms. The normalized spacial score (nSPS) is 33.0. The SMILES string of the molecule is NC1=C2N=CC=CC23NCN=C3C=C1. The fraction of sp³-hybridized carbons (Fsp3) is 0.200. The minimum atomic E-state index is -0.354. The van der Waals surface area contributed by atoms with Crippen molar-refractivity contribution in [3.63, 3.8) is 0 Å². The molecule has 14 heavy (non-hydrogen) atoms. The van der Waals surface area contributed by atoms with Crippen molar-refractivity contribution < 1.29 is 0 Å². The first-order valence-corrected chi connectivity index (χ1v) is 4.53. The van der Waals surface area contributed by atoms with Crippen molar-refractivity contribution in [2.45, 2.75) is 5.54 Å². The summed E-state index contributed by atoms with van der Waals surface area (Å²) in [4.78, 5) is 8.69. The maximum Gasteiger partial charge on any atom is 0.126 e. The molecule has 3 N–H and O–H groups in total. The van der Waals surface area contributed by atoms with Gasteiger partial charge >= 0.3 is 0 Å². The van der Waals surface area contributed by atoms with Gasteiger partial charge in [-0.2, -0.15) is 0 Å². The van der Waals surface area contributed by atoms with Gasteiger partial charge in [-0.05, 0) is 18.2 Å². The first-order chi connectivity index (χ1) is 6.83. The number of allylic oxidation sites excluding steroid dienone is 2. The number of nitrogens with zero attached hydrogens (tertiary/aromatic N) is 2. The van der Waals surface area contributed by atoms with Crippen LogP contribution in [0.4, 0.5) is 0 Å². The molecule has 3 aliphatic rings. The zero-order chi connectivity index (χ0) is 9.60. The van der Waals surface area contributed by atoms with Gasteiger partial charge in [-0.3, -0.25) is 15.3 Å². The highest BCUT2D eigenvalue weighted by Crippen LogP contribution is 2.32. The van der Waals surface area contributed by atoms with E-state index in [-0.39, 0.29) is 5.54 Å². The van der Waals surface area contributed by atoms with Gasteiger partial charge in [0.05, 0.1) is 23.8 Å². The van der Waals surface area contributed by atoms with E-state index in [0.29, 0.717) is 12.4 Å². The van der Waals surface area contributed by atoms with E-state index in [0.717, 1.165) is 11.4 Å². The van der Waals surface area contributed by atoms with E-state index < -0.39 is 0 Å². The van der Waals surface area contributed by atoms with Crippen LogP contribution in [0.2, 0.25) is 0 Å². The Morgan fingerprint density at radius 2 is 2.36 bits per heavy atom. The minimum Gasteiger partial charge on any atom is -0.397 e. The third-order valence-corrected chi connectivity index (χ3v) is 2.71. The van der Waals surface area contributed by atoms with E-state index in [1.165, 1.54) is 0 Å². The number of hydrogen-bond donors (Lipinski definition) is 2. The van der Waals surface area contributed by atoms with E-state index >= 15 is 0 Å². The molecule has 2 heterocycles. The largest absolute Gasteiger partial charge is 0.397 e. The Bertz CT molecular complexity index is 439. The maximum atomic E-state index is 5.89. The van der Waals surface area contributed by atoms with Crippen molar-refractivity contribution in [3.05, 3.63) is 35.7 Å². The molecule has 0 radical (unpaired) electrons. The van der Waals surface area contributed by atoms with Crippen molar-refractivity contribution in [1.29, 1.82) is 0 Å². The Labute approximate surface area is 81.6 Å². The van der Waals surface area contributed by atoms with Gasteiger partial charge in [0.25, 0.3) is 0 Å². The van der Waals surface area contributed by atoms with Gasteiger partial charge in [0, 0.05) is 6.21 Å². The van der Waals surface area contributed by atoms with Gasteiger partial charge in [-0.1, -0.05) is 6.08 Å². The van der Waals surface area contributed by atoms with Crippen LogP contribution in [0.1, 0.15) is 0 Å². The summed E-state index contributed by atoms with van der Waals surface area (Å²) >= 11 is 0. The second-order valence-electron chi connectivity index (χ2n) is 3.46. The fourth-order valence-electron chi connectivity index (χ4n) is 2.03. The molecule has 0 aromatic heterocycles. The zero-order valence-corrected chi connectivity index (χ0v) is 7.57. The first kappa shape index (κ1) is 7.70. The number of dihydropyridines is 1. The first-order valence-electron chi connectivity index (χ1n) is 4.53. The molecule has 1 unspecified atom stereocenters. The molecule has 2 aliphatic heterocycles. The maximum absolute atomic E-state index is 5.89. The van der Waals surface area contributed by atoms with E-state index in [1.807, 2.05) is 18.2 Å². The van der Waals surface area contributed by atoms with Crippen molar-refractivity contribution in [2.24, 2.45) is 15.7 Å². The summed E-state index contributed by atoms with van der Waals surface area (Å²) in [6.07, 6.45) is 9.53. The van der Waals surface area contributed by atoms with E-state index in [9.17, 15) is 0 Å². The van der Waals surface area contributed by atoms with Crippen molar-refractivity contribution in [3.8, 4) is 0 Å². The summed E-state index contributed by atoms with van der Waals surface area (Å²) < 4.78 is 0. The van der Waals surface area contributed by atoms with Gasteiger partial charge in [-0.15, -0.1) is 0 Å². The third-order valence-electron chi connectivity index (χ3n) is 2.71. The molecular weight excluding hydrogens is 176 g/mol. The van der Waals surface area contributed by atoms with Gasteiger partial charge in [0.1, 0.15) is 5.54 Å². The van der Waals surface area contributed by atoms with Crippen molar-refractivity contribution in [2.75, 3.05) is 6.67 Å². The number of nitrogens with two attached hydrogens (primary N) is 1. The molecule has 0 amide bonds. The summed E-state index contributed by atoms with van der Waals surface area (Å²) in [6, 6.07) is 0. The molecule has 1 spiro atoms. The molecule has 3 rings (SSSR count). The second kappa shape index (κ2) is 2.42. The lowest BCUT2D eigenvalue weighted by Gasteiger charge is -2.32. The average molecular weight is 186 g/mol. The van der Waals surface area contributed by atoms with Gasteiger partial charge in [0.2, 0.25) is 0 Å². The predicted molar refractivity (Wildman–Crippen MR) is 56.2 cm³/mol. The second-order valence-corrected chi connectivity index (χ2v) is 3.46. The molecule has 1 aliphatic carbocycles. The smallest absolute Gasteiger partial charge is 0.126 e. The van der Waals surface area contributed by atoms with Crippen LogP contribution < -0.4 is 11.1 Å². The van der Waals surface area contributed by atoms with E-state index in [1.54, 1.807) is 6.21 Å². The summed E-state index contributed by atoms with van der Waals surface area (Å²) in [5.41, 5.74) is 8.10. The van der Waals surface area contributed by atoms with E-state index in [4.69, 9.17) is 5.73 Å². The summed E-state index contributed by atoms with van der Waals surface area (Å²) in [5, 5.41) is 3.31. The highest BCUT2D eigenvalue weighted by Gasteiger charge is 2.42. The molecule has 0 aromatic rings. The Balaban J connectivity index is 2.26. The molecular formula is C10H10N4. The average Bonchev–Trinajstić information content (AvgIpc) is 2.61. The quantitative estimate of drug-likeness (QED) is 0.564. The standard InChI is InChI=1S/C10H10N4/c11-7-2-3-8-10(14-6-13-8)4-1-5-12-9(7)10/h1-5,14H,6,11H2. The Hall–Kier alpha value is -1.68. The lowest BCUT2D eigenvalue weighted by atomic mass is 9.84. The highest BCUT2D eigenvalue weighted by atomic mass is 15.2. The van der Waals surface area contributed by atoms with Crippen LogP contribution in [0.25, 0.3) is 0 Å². The number of aliphatic imine (C=N–C) groups is 2. The predicted octanol–water partition coefficient (Wildman–Crippen LogP) is 0.108. The Kier molecular flexibility index (Phi) is 1.33. The van der Waals surface area contributed by atoms with Crippen LogP contribution in [0.3, 0.4) is 0 Å². The van der Waals surface area contributed by atoms with Crippen molar-refractivity contribution in [1.82, 2.24) is 5.32 Å². The topological polar surface area (TPSA) is 62.8 Å². The fourth-order valence-corrected chi connectivity index (χ4v) is 2.03. The van der Waals surface area contributed by atoms with Crippen LogP contribution >= 0.6 is 0 Å². The van der Waals surface area contributed by atoms with Gasteiger partial charge < -0.3 is 5.73 Å². The molecule has 4 nitrogen and oxygen atoms in total. The van der Waals surface area contributed by atoms with Crippen LogP contribution in [-0.4, -0.2) is 24.1 Å². The molecule has 1 atom stereocenters. The van der Waals surface area contributed by atoms with Gasteiger partial charge in [-0.25, -0.2) is 0 Å². The highest BCUT2D eigenvalue weighted by molar-refractivity contribution is 6.10. The van der Waals surface area contributed by atoms with Crippen LogP contribution in [-0.2, 0) is 0 Å². The van der Waals surface area contributed by atoms with Crippen LogP contribution in [0.5, 0.6) is 0 Å². The van der Waals surface area contributed by atoms with Crippen molar-refractivity contribution >= 4 is 11.9 Å². The van der Waals surface area contributed by atoms with Crippen LogP contribution in [0.15, 0.2) is 45.7 Å². The molecule has 70 valence electrons. The minimum absolute atomic E-state index is 0.354. The monoisotopic (exact) mass is 186 g/mol. The van der Waals surface area contributed by atoms with E-state index in [2.05, 4.69) is 21.4 Å². The molecule has 0 saturated heterocycles. The Morgan fingerprint density at radius 1 is 1.43 bits per heavy atom. The molecule has 0 aromatic carbocycles. The number of hydrogen-bond acceptors (Lipinski definition) is 4. The number of nitrogens with one attached hydrogen (secondary N) is 1. The Morgan fingerprint density at radius 3 is 3.29 bits per heavy atom. The zero-order valence-electron chi connectivity index (χ0n) is 7.57. The summed E-state index contributed by atoms with van der Waals surface area (Å²) in [5.74, 6) is 0. The molecule has 0 fully saturated rings. The summed E-state index contributed by atoms with van der Waals surface area (Å²) in [6.45, 7) is 0.621. The van der Waals surface area contributed by atoms with Gasteiger partial charge in [0.15, 0.2) is 0 Å². The number of rotatable bonds is 0. The lowest BCUT2D eigenvalue weighted by Crippen LogP contribution is -2.49. The third kappa shape index (κ3) is 0.761. The molecule has 0 saturated carbocycles. The summed E-state index contributed by atoms with van der Waals surface area (Å²) in [7, 11) is 0. The lowest BCUT2D eigenvalue weighted by molar-refractivity contribution is 0.621. The molecule has 0 bridgehead atoms.